The van der Waals surface area contributed by atoms with Crippen LogP contribution in [0.4, 0.5) is 24.7 Å². The monoisotopic (exact) mass is 307 g/mol. The van der Waals surface area contributed by atoms with Gasteiger partial charge in [0.25, 0.3) is 0 Å². The van der Waals surface area contributed by atoms with Crippen molar-refractivity contribution in [2.75, 3.05) is 5.32 Å². The molecule has 1 heterocycles. The first kappa shape index (κ1) is 13.9. The minimum Gasteiger partial charge on any atom is -0.338 e. The highest BCUT2D eigenvalue weighted by Gasteiger charge is 2.33. The molecule has 1 aromatic carbocycles. The van der Waals surface area contributed by atoms with E-state index in [1.165, 1.54) is 24.3 Å². The van der Waals surface area contributed by atoms with Crippen molar-refractivity contribution in [3.8, 4) is 0 Å². The summed E-state index contributed by atoms with van der Waals surface area (Å²) in [6.07, 6.45) is -4.52. The second-order valence-electron chi connectivity index (χ2n) is 3.55. The molecule has 0 radical (unpaired) electrons. The van der Waals surface area contributed by atoms with Crippen LogP contribution < -0.4 is 5.32 Å². The first-order chi connectivity index (χ1) is 8.86. The highest BCUT2D eigenvalue weighted by molar-refractivity contribution is 6.30. The molecule has 2 rings (SSSR count). The number of anilines is 2. The fourth-order valence-corrected chi connectivity index (χ4v) is 1.65. The fraction of sp³-hybridized carbons (Fsp3) is 0.0909. The average molecular weight is 308 g/mol. The number of hydrogen-bond donors (Lipinski definition) is 1. The quantitative estimate of drug-likeness (QED) is 0.884. The van der Waals surface area contributed by atoms with Crippen LogP contribution in [0.2, 0.25) is 10.2 Å². The van der Waals surface area contributed by atoms with E-state index in [9.17, 15) is 13.2 Å². The second kappa shape index (κ2) is 5.22. The van der Waals surface area contributed by atoms with E-state index < -0.39 is 11.7 Å². The number of alkyl halides is 3. The fourth-order valence-electron chi connectivity index (χ4n) is 1.38. The number of hydrogen-bond acceptors (Lipinski definition) is 3. The molecule has 0 saturated carbocycles. The highest BCUT2D eigenvalue weighted by atomic mass is 35.5. The number of halogens is 5. The number of nitrogens with zero attached hydrogens (tertiary/aromatic N) is 2. The Labute approximate surface area is 116 Å². The Bertz CT molecular complexity index is 585. The lowest BCUT2D eigenvalue weighted by atomic mass is 10.1. The first-order valence-corrected chi connectivity index (χ1v) is 5.75. The van der Waals surface area contributed by atoms with Crippen molar-refractivity contribution in [1.29, 1.82) is 0 Å². The first-order valence-electron chi connectivity index (χ1n) is 4.99. The minimum absolute atomic E-state index is 0.0000605. The van der Waals surface area contributed by atoms with E-state index in [4.69, 9.17) is 23.2 Å². The molecule has 0 aliphatic rings. The third-order valence-corrected chi connectivity index (χ3v) is 2.62. The summed E-state index contributed by atoms with van der Waals surface area (Å²) in [6.45, 7) is 0. The van der Waals surface area contributed by atoms with Gasteiger partial charge in [0.1, 0.15) is 0 Å². The minimum atomic E-state index is -4.52. The van der Waals surface area contributed by atoms with E-state index in [0.717, 1.165) is 6.07 Å². The van der Waals surface area contributed by atoms with Crippen molar-refractivity contribution in [3.05, 3.63) is 46.1 Å². The molecule has 0 spiro atoms. The summed E-state index contributed by atoms with van der Waals surface area (Å²) in [5.41, 5.74) is -1.04. The average Bonchev–Trinajstić information content (AvgIpc) is 2.33. The molecule has 0 aliphatic heterocycles. The third-order valence-electron chi connectivity index (χ3n) is 2.18. The van der Waals surface area contributed by atoms with Crippen molar-refractivity contribution in [2.45, 2.75) is 6.18 Å². The van der Waals surface area contributed by atoms with Crippen molar-refractivity contribution in [3.63, 3.8) is 0 Å². The van der Waals surface area contributed by atoms with Crippen molar-refractivity contribution >= 4 is 34.7 Å². The van der Waals surface area contributed by atoms with E-state index in [0.29, 0.717) is 0 Å². The maximum atomic E-state index is 12.8. The lowest BCUT2D eigenvalue weighted by Crippen LogP contribution is -2.09. The van der Waals surface area contributed by atoms with Gasteiger partial charge in [0, 0.05) is 5.02 Å². The largest absolute Gasteiger partial charge is 0.418 e. The molecule has 100 valence electrons. The van der Waals surface area contributed by atoms with Gasteiger partial charge in [0.05, 0.1) is 11.3 Å². The Morgan fingerprint density at radius 3 is 2.32 bits per heavy atom. The molecule has 0 unspecified atom stereocenters. The Kier molecular flexibility index (Phi) is 3.82. The number of aromatic nitrogens is 2. The number of benzene rings is 1. The zero-order valence-electron chi connectivity index (χ0n) is 9.17. The van der Waals surface area contributed by atoms with Crippen LogP contribution in [0.1, 0.15) is 5.56 Å². The van der Waals surface area contributed by atoms with E-state index in [2.05, 4.69) is 15.5 Å². The molecule has 0 bridgehead atoms. The van der Waals surface area contributed by atoms with E-state index >= 15 is 0 Å². The van der Waals surface area contributed by atoms with Crippen LogP contribution in [0, 0.1) is 0 Å². The SMILES string of the molecule is FC(F)(F)c1cc(Cl)ccc1Nc1ccc(Cl)nn1. The highest BCUT2D eigenvalue weighted by Crippen LogP contribution is 2.37. The topological polar surface area (TPSA) is 37.8 Å². The molecule has 0 fully saturated rings. The molecule has 3 nitrogen and oxygen atoms in total. The molecule has 19 heavy (non-hydrogen) atoms. The van der Waals surface area contributed by atoms with Gasteiger partial charge in [-0.2, -0.15) is 13.2 Å². The van der Waals surface area contributed by atoms with Crippen LogP contribution >= 0.6 is 23.2 Å². The van der Waals surface area contributed by atoms with Crippen LogP contribution in [0.15, 0.2) is 30.3 Å². The molecule has 1 N–H and O–H groups in total. The summed E-state index contributed by atoms with van der Waals surface area (Å²) in [4.78, 5) is 0. The van der Waals surface area contributed by atoms with Gasteiger partial charge in [0.2, 0.25) is 0 Å². The predicted octanol–water partition coefficient (Wildman–Crippen LogP) is 4.55. The summed E-state index contributed by atoms with van der Waals surface area (Å²) >= 11 is 11.1. The molecular formula is C11H6Cl2F3N3. The molecule has 0 saturated heterocycles. The van der Waals surface area contributed by atoms with Crippen LogP contribution in [0.25, 0.3) is 0 Å². The van der Waals surface area contributed by atoms with Gasteiger partial charge < -0.3 is 5.32 Å². The maximum Gasteiger partial charge on any atom is 0.418 e. The van der Waals surface area contributed by atoms with Gasteiger partial charge in [0.15, 0.2) is 11.0 Å². The predicted molar refractivity (Wildman–Crippen MR) is 66.8 cm³/mol. The van der Waals surface area contributed by atoms with Gasteiger partial charge in [-0.15, -0.1) is 10.2 Å². The Morgan fingerprint density at radius 1 is 1.00 bits per heavy atom. The van der Waals surface area contributed by atoms with Crippen molar-refractivity contribution < 1.29 is 13.2 Å². The molecular weight excluding hydrogens is 302 g/mol. The zero-order valence-corrected chi connectivity index (χ0v) is 10.7. The van der Waals surface area contributed by atoms with Gasteiger partial charge in [-0.05, 0) is 30.3 Å². The van der Waals surface area contributed by atoms with Gasteiger partial charge in [-0.25, -0.2) is 0 Å². The summed E-state index contributed by atoms with van der Waals surface area (Å²) in [5, 5.41) is 9.83. The van der Waals surface area contributed by atoms with Crippen molar-refractivity contribution in [2.24, 2.45) is 0 Å². The Balaban J connectivity index is 2.37. The summed E-state index contributed by atoms with van der Waals surface area (Å²) in [5.74, 6) is 0.150. The standard InChI is InChI=1S/C11H6Cl2F3N3/c12-6-1-2-8(7(5-6)11(14,15)16)17-10-4-3-9(13)18-19-10/h1-5H,(H,17,19). The van der Waals surface area contributed by atoms with E-state index in [-0.39, 0.29) is 21.7 Å². The summed E-state index contributed by atoms with van der Waals surface area (Å²) in [7, 11) is 0. The third kappa shape index (κ3) is 3.48. The number of rotatable bonds is 2. The Hall–Kier alpha value is -1.53. The second-order valence-corrected chi connectivity index (χ2v) is 4.38. The van der Waals surface area contributed by atoms with Crippen LogP contribution in [-0.4, -0.2) is 10.2 Å². The van der Waals surface area contributed by atoms with Gasteiger partial charge >= 0.3 is 6.18 Å². The number of nitrogens with one attached hydrogen (secondary N) is 1. The van der Waals surface area contributed by atoms with Crippen LogP contribution in [0.3, 0.4) is 0 Å². The van der Waals surface area contributed by atoms with Crippen LogP contribution in [-0.2, 0) is 6.18 Å². The molecule has 0 atom stereocenters. The van der Waals surface area contributed by atoms with E-state index in [1.807, 2.05) is 0 Å². The van der Waals surface area contributed by atoms with Crippen LogP contribution in [0.5, 0.6) is 0 Å². The van der Waals surface area contributed by atoms with Gasteiger partial charge in [-0.1, -0.05) is 23.2 Å². The smallest absolute Gasteiger partial charge is 0.338 e. The zero-order chi connectivity index (χ0) is 14.0. The van der Waals surface area contributed by atoms with E-state index in [1.54, 1.807) is 0 Å². The Morgan fingerprint density at radius 2 is 1.74 bits per heavy atom. The normalized spacial score (nSPS) is 11.4. The lowest BCUT2D eigenvalue weighted by molar-refractivity contribution is -0.136. The van der Waals surface area contributed by atoms with Gasteiger partial charge in [-0.3, -0.25) is 0 Å². The molecule has 0 aliphatic carbocycles. The lowest BCUT2D eigenvalue weighted by Gasteiger charge is -2.14. The summed E-state index contributed by atoms with van der Waals surface area (Å²) < 4.78 is 38.5. The van der Waals surface area contributed by atoms with Crippen molar-refractivity contribution in [1.82, 2.24) is 10.2 Å². The summed E-state index contributed by atoms with van der Waals surface area (Å²) in [6, 6.07) is 6.25. The molecule has 0 amide bonds. The molecule has 8 heteroatoms. The maximum absolute atomic E-state index is 12.8. The molecule has 2 aromatic rings. The molecule has 1 aromatic heterocycles.